The summed E-state index contributed by atoms with van der Waals surface area (Å²) < 4.78 is 15.3. The highest BCUT2D eigenvalue weighted by Crippen LogP contribution is 2.38. The van der Waals surface area contributed by atoms with Crippen LogP contribution >= 0.6 is 11.8 Å². The summed E-state index contributed by atoms with van der Waals surface area (Å²) in [7, 11) is 0. The Labute approximate surface area is 153 Å². The molecule has 2 nitrogen and oxygen atoms in total. The van der Waals surface area contributed by atoms with Crippen molar-refractivity contribution in [2.24, 2.45) is 0 Å². The number of hydrogen-bond donors (Lipinski definition) is 0. The largest absolute Gasteiger partial charge is 0.336 e. The van der Waals surface area contributed by atoms with Gasteiger partial charge in [0.1, 0.15) is 5.82 Å². The Morgan fingerprint density at radius 2 is 1.80 bits per heavy atom. The lowest BCUT2D eigenvalue weighted by Gasteiger charge is -2.30. The highest BCUT2D eigenvalue weighted by Gasteiger charge is 2.26. The fourth-order valence-electron chi connectivity index (χ4n) is 2.88. The predicted octanol–water partition coefficient (Wildman–Crippen LogP) is 5.51. The Kier molecular flexibility index (Phi) is 5.59. The minimum Gasteiger partial charge on any atom is -0.336 e. The van der Waals surface area contributed by atoms with E-state index in [1.54, 1.807) is 0 Å². The van der Waals surface area contributed by atoms with Gasteiger partial charge in [-0.25, -0.2) is 9.37 Å². The fourth-order valence-corrected chi connectivity index (χ4v) is 4.14. The quantitative estimate of drug-likeness (QED) is 0.520. The maximum atomic E-state index is 13.1. The maximum Gasteiger partial charge on any atom is 0.123 e. The first kappa shape index (κ1) is 17.7. The van der Waals surface area contributed by atoms with Crippen molar-refractivity contribution in [1.82, 2.24) is 9.55 Å². The summed E-state index contributed by atoms with van der Waals surface area (Å²) in [4.78, 5) is 5.44. The number of thioether (sulfide) groups is 1. The zero-order chi connectivity index (χ0) is 17.7. The van der Waals surface area contributed by atoms with Gasteiger partial charge in [0.25, 0.3) is 0 Å². The van der Waals surface area contributed by atoms with Gasteiger partial charge in [-0.2, -0.15) is 0 Å². The van der Waals surface area contributed by atoms with E-state index in [-0.39, 0.29) is 10.6 Å². The predicted molar refractivity (Wildman–Crippen MR) is 102 cm³/mol. The van der Waals surface area contributed by atoms with E-state index in [1.807, 2.05) is 42.6 Å². The van der Waals surface area contributed by atoms with E-state index in [1.165, 1.54) is 28.2 Å². The van der Waals surface area contributed by atoms with Crippen LogP contribution in [0.2, 0.25) is 0 Å². The molecule has 0 fully saturated rings. The molecule has 0 aliphatic heterocycles. The SMILES string of the molecule is Cc1ccc(SC(C)(CCc2ccc(F)cc2)Cn2ccnc2)cc1. The van der Waals surface area contributed by atoms with Gasteiger partial charge in [-0.3, -0.25) is 0 Å². The van der Waals surface area contributed by atoms with E-state index < -0.39 is 0 Å². The van der Waals surface area contributed by atoms with Crippen LogP contribution in [0.5, 0.6) is 0 Å². The molecule has 4 heteroatoms. The van der Waals surface area contributed by atoms with E-state index in [0.29, 0.717) is 0 Å². The van der Waals surface area contributed by atoms with Crippen molar-refractivity contribution in [3.05, 3.63) is 84.2 Å². The molecule has 0 spiro atoms. The van der Waals surface area contributed by atoms with Crippen LogP contribution in [-0.4, -0.2) is 14.3 Å². The third kappa shape index (κ3) is 5.20. The molecular formula is C21H23FN2S. The average molecular weight is 354 g/mol. The van der Waals surface area contributed by atoms with Crippen molar-refractivity contribution in [1.29, 1.82) is 0 Å². The molecule has 0 aliphatic rings. The van der Waals surface area contributed by atoms with Gasteiger partial charge in [-0.05, 0) is 56.5 Å². The van der Waals surface area contributed by atoms with Crippen molar-refractivity contribution < 1.29 is 4.39 Å². The molecule has 3 aromatic rings. The molecule has 1 atom stereocenters. The van der Waals surface area contributed by atoms with Crippen LogP contribution in [0.1, 0.15) is 24.5 Å². The summed E-state index contributed by atoms with van der Waals surface area (Å²) >= 11 is 1.90. The minimum atomic E-state index is -0.182. The Bertz CT molecular complexity index is 782. The highest BCUT2D eigenvalue weighted by atomic mass is 32.2. The smallest absolute Gasteiger partial charge is 0.123 e. The normalized spacial score (nSPS) is 13.6. The summed E-state index contributed by atoms with van der Waals surface area (Å²) in [5, 5.41) is 0. The topological polar surface area (TPSA) is 17.8 Å². The van der Waals surface area contributed by atoms with Crippen LogP contribution in [0, 0.1) is 12.7 Å². The summed E-state index contributed by atoms with van der Waals surface area (Å²) in [6.07, 6.45) is 7.61. The molecule has 0 amide bonds. The molecule has 1 heterocycles. The Hall–Kier alpha value is -2.07. The average Bonchev–Trinajstić information content (AvgIpc) is 3.09. The van der Waals surface area contributed by atoms with E-state index in [2.05, 4.69) is 47.7 Å². The Morgan fingerprint density at radius 3 is 2.44 bits per heavy atom. The van der Waals surface area contributed by atoms with E-state index >= 15 is 0 Å². The number of aryl methyl sites for hydroxylation is 2. The third-order valence-electron chi connectivity index (χ3n) is 4.32. The molecule has 0 radical (unpaired) electrons. The number of aromatic nitrogens is 2. The second-order valence-corrected chi connectivity index (χ2v) is 8.39. The lowest BCUT2D eigenvalue weighted by Crippen LogP contribution is -2.27. The highest BCUT2D eigenvalue weighted by molar-refractivity contribution is 8.00. The summed E-state index contributed by atoms with van der Waals surface area (Å²) in [6.45, 7) is 5.28. The monoisotopic (exact) mass is 354 g/mol. The summed E-state index contributed by atoms with van der Waals surface area (Å²) in [5.41, 5.74) is 2.44. The van der Waals surface area contributed by atoms with E-state index in [0.717, 1.165) is 19.4 Å². The van der Waals surface area contributed by atoms with Crippen molar-refractivity contribution in [3.8, 4) is 0 Å². The first-order valence-corrected chi connectivity index (χ1v) is 9.30. The van der Waals surface area contributed by atoms with E-state index in [4.69, 9.17) is 0 Å². The second-order valence-electron chi connectivity index (χ2n) is 6.73. The number of benzene rings is 2. The summed E-state index contributed by atoms with van der Waals surface area (Å²) in [6, 6.07) is 15.5. The second kappa shape index (κ2) is 7.87. The van der Waals surface area contributed by atoms with E-state index in [9.17, 15) is 4.39 Å². The van der Waals surface area contributed by atoms with Gasteiger partial charge in [-0.15, -0.1) is 11.8 Å². The molecule has 25 heavy (non-hydrogen) atoms. The zero-order valence-electron chi connectivity index (χ0n) is 14.7. The van der Waals surface area contributed by atoms with Gasteiger partial charge in [0.2, 0.25) is 0 Å². The number of imidazole rings is 1. The van der Waals surface area contributed by atoms with Gasteiger partial charge in [-0.1, -0.05) is 29.8 Å². The van der Waals surface area contributed by atoms with Crippen LogP contribution in [0.25, 0.3) is 0 Å². The molecular weight excluding hydrogens is 331 g/mol. The number of nitrogens with zero attached hydrogens (tertiary/aromatic N) is 2. The van der Waals surface area contributed by atoms with Crippen LogP contribution in [-0.2, 0) is 13.0 Å². The third-order valence-corrected chi connectivity index (χ3v) is 5.65. The van der Waals surface area contributed by atoms with Crippen LogP contribution < -0.4 is 0 Å². The molecule has 0 bridgehead atoms. The lowest BCUT2D eigenvalue weighted by molar-refractivity contribution is 0.495. The first-order chi connectivity index (χ1) is 12.0. The maximum absolute atomic E-state index is 13.1. The minimum absolute atomic E-state index is 0.0182. The lowest BCUT2D eigenvalue weighted by atomic mass is 10.00. The van der Waals surface area contributed by atoms with Crippen molar-refractivity contribution in [2.75, 3.05) is 0 Å². The first-order valence-electron chi connectivity index (χ1n) is 8.48. The summed E-state index contributed by atoms with van der Waals surface area (Å²) in [5.74, 6) is -0.182. The molecule has 0 N–H and O–H groups in total. The molecule has 3 rings (SSSR count). The molecule has 0 saturated heterocycles. The van der Waals surface area contributed by atoms with Crippen molar-refractivity contribution >= 4 is 11.8 Å². The van der Waals surface area contributed by atoms with Crippen molar-refractivity contribution in [3.63, 3.8) is 0 Å². The van der Waals surface area contributed by atoms with Gasteiger partial charge in [0.05, 0.1) is 6.33 Å². The van der Waals surface area contributed by atoms with Gasteiger partial charge in [0, 0.05) is 28.6 Å². The van der Waals surface area contributed by atoms with Gasteiger partial charge in [0.15, 0.2) is 0 Å². The van der Waals surface area contributed by atoms with Crippen LogP contribution in [0.15, 0.2) is 72.1 Å². The number of hydrogen-bond acceptors (Lipinski definition) is 2. The van der Waals surface area contributed by atoms with Crippen LogP contribution in [0.3, 0.4) is 0 Å². The Balaban J connectivity index is 1.75. The standard InChI is InChI=1S/C21H23FN2S/c1-17-3-9-20(10-4-17)25-21(2,15-24-14-13-23-16-24)12-11-18-5-7-19(22)8-6-18/h3-10,13-14,16H,11-12,15H2,1-2H3. The molecule has 1 unspecified atom stereocenters. The van der Waals surface area contributed by atoms with Crippen LogP contribution in [0.4, 0.5) is 4.39 Å². The molecule has 1 aromatic heterocycles. The van der Waals surface area contributed by atoms with Gasteiger partial charge >= 0.3 is 0 Å². The fraction of sp³-hybridized carbons (Fsp3) is 0.286. The molecule has 0 aliphatic carbocycles. The molecule has 130 valence electrons. The number of rotatable bonds is 7. The van der Waals surface area contributed by atoms with Gasteiger partial charge < -0.3 is 4.57 Å². The molecule has 2 aromatic carbocycles. The Morgan fingerprint density at radius 1 is 1.08 bits per heavy atom. The molecule has 0 saturated carbocycles. The van der Waals surface area contributed by atoms with Crippen molar-refractivity contribution in [2.45, 2.75) is 42.9 Å². The zero-order valence-corrected chi connectivity index (χ0v) is 15.5. The number of halogens is 1.